The number of benzene rings is 2. The number of aromatic amines is 1. The lowest BCUT2D eigenvalue weighted by molar-refractivity contribution is -0.274. The van der Waals surface area contributed by atoms with E-state index in [-0.39, 0.29) is 11.6 Å². The van der Waals surface area contributed by atoms with Gasteiger partial charge in [-0.05, 0) is 24.3 Å². The lowest BCUT2D eigenvalue weighted by Gasteiger charge is -2.12. The van der Waals surface area contributed by atoms with Gasteiger partial charge in [0.05, 0.1) is 20.4 Å². The molecular formula is C20H16F3N5O3. The Bertz CT molecular complexity index is 1230. The van der Waals surface area contributed by atoms with E-state index in [1.165, 1.54) is 38.6 Å². The molecule has 160 valence electrons. The highest BCUT2D eigenvalue weighted by atomic mass is 19.4. The topological polar surface area (TPSA) is 94.2 Å². The third kappa shape index (κ3) is 4.44. The van der Waals surface area contributed by atoms with Crippen LogP contribution in [-0.2, 0) is 0 Å². The van der Waals surface area contributed by atoms with Crippen molar-refractivity contribution in [2.75, 3.05) is 19.5 Å². The Morgan fingerprint density at radius 2 is 1.77 bits per heavy atom. The first kappa shape index (κ1) is 20.3. The third-order valence-electron chi connectivity index (χ3n) is 4.27. The maximum Gasteiger partial charge on any atom is 0.573 e. The molecule has 0 saturated carbocycles. The number of hydrogen-bond donors (Lipinski definition) is 2. The summed E-state index contributed by atoms with van der Waals surface area (Å²) in [7, 11) is 3.06. The van der Waals surface area contributed by atoms with Crippen LogP contribution in [0.4, 0.5) is 24.7 Å². The lowest BCUT2D eigenvalue weighted by Crippen LogP contribution is -2.17. The standard InChI is InChI=1S/C20H16F3N5O3/c1-29-15-7-6-12(9-16(15)30-2)25-19-17-14(10-24-28-17)26-18(27-19)11-4-3-5-13(8-11)31-20(21,22)23/h3-10H,1-2H3,(H,24,28)(H,25,26,27). The van der Waals surface area contributed by atoms with Gasteiger partial charge >= 0.3 is 6.36 Å². The Morgan fingerprint density at radius 3 is 2.52 bits per heavy atom. The molecule has 2 aromatic carbocycles. The summed E-state index contributed by atoms with van der Waals surface area (Å²) >= 11 is 0. The number of ether oxygens (including phenoxy) is 3. The zero-order valence-corrected chi connectivity index (χ0v) is 16.3. The molecule has 0 fully saturated rings. The minimum atomic E-state index is -4.80. The minimum absolute atomic E-state index is 0.199. The van der Waals surface area contributed by atoms with Gasteiger partial charge in [0.1, 0.15) is 16.8 Å². The van der Waals surface area contributed by atoms with Gasteiger partial charge in [-0.15, -0.1) is 13.2 Å². The minimum Gasteiger partial charge on any atom is -0.493 e. The molecular weight excluding hydrogens is 415 g/mol. The summed E-state index contributed by atoms with van der Waals surface area (Å²) in [4.78, 5) is 8.85. The third-order valence-corrected chi connectivity index (χ3v) is 4.27. The molecule has 0 aliphatic heterocycles. The predicted octanol–water partition coefficient (Wildman–Crippen LogP) is 4.68. The monoisotopic (exact) mass is 431 g/mol. The normalized spacial score (nSPS) is 11.4. The van der Waals surface area contributed by atoms with Gasteiger partial charge in [0.2, 0.25) is 0 Å². The van der Waals surface area contributed by atoms with Crippen molar-refractivity contribution in [1.29, 1.82) is 0 Å². The Labute approximate surface area is 174 Å². The Morgan fingerprint density at radius 1 is 0.968 bits per heavy atom. The van der Waals surface area contributed by atoms with Crippen LogP contribution in [0, 0.1) is 0 Å². The predicted molar refractivity (Wildman–Crippen MR) is 107 cm³/mol. The van der Waals surface area contributed by atoms with Crippen LogP contribution in [0.15, 0.2) is 48.7 Å². The first-order valence-corrected chi connectivity index (χ1v) is 8.92. The molecule has 8 nitrogen and oxygen atoms in total. The SMILES string of the molecule is COc1ccc(Nc2nc(-c3cccc(OC(F)(F)F)c3)nc3cn[nH]c23)cc1OC. The van der Waals surface area contributed by atoms with Crippen molar-refractivity contribution < 1.29 is 27.4 Å². The van der Waals surface area contributed by atoms with Gasteiger partial charge in [-0.2, -0.15) is 5.10 Å². The van der Waals surface area contributed by atoms with E-state index in [1.807, 2.05) is 0 Å². The number of H-pyrrole nitrogens is 1. The van der Waals surface area contributed by atoms with Gasteiger partial charge in [0.15, 0.2) is 23.1 Å². The zero-order valence-electron chi connectivity index (χ0n) is 16.3. The summed E-state index contributed by atoms with van der Waals surface area (Å²) in [5.74, 6) is 1.29. The second-order valence-corrected chi connectivity index (χ2v) is 6.30. The molecule has 0 aliphatic carbocycles. The van der Waals surface area contributed by atoms with Crippen molar-refractivity contribution in [3.63, 3.8) is 0 Å². The van der Waals surface area contributed by atoms with E-state index in [0.717, 1.165) is 0 Å². The maximum absolute atomic E-state index is 12.6. The number of fused-ring (bicyclic) bond motifs is 1. The van der Waals surface area contributed by atoms with Gasteiger partial charge in [0.25, 0.3) is 0 Å². The first-order chi connectivity index (χ1) is 14.9. The van der Waals surface area contributed by atoms with E-state index in [1.54, 1.807) is 24.3 Å². The van der Waals surface area contributed by atoms with Crippen molar-refractivity contribution >= 4 is 22.5 Å². The average molecular weight is 431 g/mol. The van der Waals surface area contributed by atoms with Crippen molar-refractivity contribution in [2.24, 2.45) is 0 Å². The molecule has 2 heterocycles. The largest absolute Gasteiger partial charge is 0.573 e. The Kier molecular flexibility index (Phi) is 5.24. The van der Waals surface area contributed by atoms with Crippen LogP contribution in [0.3, 0.4) is 0 Å². The van der Waals surface area contributed by atoms with Gasteiger partial charge in [-0.1, -0.05) is 12.1 Å². The summed E-state index contributed by atoms with van der Waals surface area (Å²) in [6, 6.07) is 10.7. The van der Waals surface area contributed by atoms with Crippen molar-refractivity contribution in [3.8, 4) is 28.6 Å². The van der Waals surface area contributed by atoms with Crippen LogP contribution in [0.25, 0.3) is 22.4 Å². The molecule has 31 heavy (non-hydrogen) atoms. The highest BCUT2D eigenvalue weighted by Gasteiger charge is 2.31. The number of nitrogens with one attached hydrogen (secondary N) is 2. The van der Waals surface area contributed by atoms with Crippen molar-refractivity contribution in [2.45, 2.75) is 6.36 Å². The quantitative estimate of drug-likeness (QED) is 0.458. The zero-order chi connectivity index (χ0) is 22.0. The molecule has 0 atom stereocenters. The van der Waals surface area contributed by atoms with Crippen molar-refractivity contribution in [3.05, 3.63) is 48.7 Å². The van der Waals surface area contributed by atoms with Gasteiger partial charge in [0, 0.05) is 17.3 Å². The Balaban J connectivity index is 1.73. The lowest BCUT2D eigenvalue weighted by atomic mass is 10.2. The van der Waals surface area contributed by atoms with Crippen LogP contribution in [0.5, 0.6) is 17.2 Å². The number of aromatic nitrogens is 4. The molecule has 0 bridgehead atoms. The number of hydrogen-bond acceptors (Lipinski definition) is 7. The number of methoxy groups -OCH3 is 2. The second kappa shape index (κ2) is 8.01. The fourth-order valence-electron chi connectivity index (χ4n) is 2.94. The van der Waals surface area contributed by atoms with Gasteiger partial charge in [-0.25, -0.2) is 9.97 Å². The van der Waals surface area contributed by atoms with E-state index < -0.39 is 6.36 Å². The second-order valence-electron chi connectivity index (χ2n) is 6.30. The maximum atomic E-state index is 12.6. The number of nitrogens with zero attached hydrogens (tertiary/aromatic N) is 3. The molecule has 0 aliphatic rings. The molecule has 0 unspecified atom stereocenters. The van der Waals surface area contributed by atoms with E-state index >= 15 is 0 Å². The first-order valence-electron chi connectivity index (χ1n) is 8.92. The number of halogens is 3. The molecule has 2 N–H and O–H groups in total. The summed E-state index contributed by atoms with van der Waals surface area (Å²) in [5, 5.41) is 9.95. The van der Waals surface area contributed by atoms with E-state index in [0.29, 0.717) is 39.6 Å². The van der Waals surface area contributed by atoms with Crippen LogP contribution >= 0.6 is 0 Å². The van der Waals surface area contributed by atoms with Crippen LogP contribution in [0.1, 0.15) is 0 Å². The summed E-state index contributed by atoms with van der Waals surface area (Å²) in [6.45, 7) is 0. The smallest absolute Gasteiger partial charge is 0.493 e. The van der Waals surface area contributed by atoms with Gasteiger partial charge < -0.3 is 19.5 Å². The number of alkyl halides is 3. The van der Waals surface area contributed by atoms with Crippen molar-refractivity contribution in [1.82, 2.24) is 20.2 Å². The van der Waals surface area contributed by atoms with E-state index in [9.17, 15) is 13.2 Å². The summed E-state index contributed by atoms with van der Waals surface area (Å²) < 4.78 is 52.2. The number of rotatable bonds is 6. The molecule has 4 aromatic rings. The molecule has 11 heteroatoms. The molecule has 0 spiro atoms. The molecule has 0 radical (unpaired) electrons. The summed E-state index contributed by atoms with van der Waals surface area (Å²) in [6.07, 6.45) is -3.30. The van der Waals surface area contributed by atoms with Crippen LogP contribution in [-0.4, -0.2) is 40.7 Å². The highest BCUT2D eigenvalue weighted by Crippen LogP contribution is 2.33. The van der Waals surface area contributed by atoms with Gasteiger partial charge in [-0.3, -0.25) is 5.10 Å². The number of anilines is 2. The Hall–Kier alpha value is -4.02. The van der Waals surface area contributed by atoms with E-state index in [4.69, 9.17) is 9.47 Å². The highest BCUT2D eigenvalue weighted by molar-refractivity contribution is 5.88. The van der Waals surface area contributed by atoms with E-state index in [2.05, 4.69) is 30.2 Å². The molecule has 2 aromatic heterocycles. The fraction of sp³-hybridized carbons (Fsp3) is 0.150. The molecule has 0 saturated heterocycles. The average Bonchev–Trinajstić information content (AvgIpc) is 3.21. The molecule has 4 rings (SSSR count). The molecule has 0 amide bonds. The summed E-state index contributed by atoms with van der Waals surface area (Å²) in [5.41, 5.74) is 2.00. The fourth-order valence-corrected chi connectivity index (χ4v) is 2.94. The van der Waals surface area contributed by atoms with Crippen LogP contribution < -0.4 is 19.5 Å². The van der Waals surface area contributed by atoms with Crippen LogP contribution in [0.2, 0.25) is 0 Å².